The molecule has 0 bridgehead atoms. The zero-order valence-corrected chi connectivity index (χ0v) is 19.7. The molecule has 2 aromatic carbocycles. The Morgan fingerprint density at radius 2 is 1.59 bits per heavy atom. The van der Waals surface area contributed by atoms with Crippen LogP contribution < -0.4 is 10.5 Å². The summed E-state index contributed by atoms with van der Waals surface area (Å²) in [6.07, 6.45) is 1.15. The zero-order valence-electron chi connectivity index (χ0n) is 18.9. The monoisotopic (exact) mass is 470 g/mol. The van der Waals surface area contributed by atoms with Crippen LogP contribution in [0.5, 0.6) is 0 Å². The van der Waals surface area contributed by atoms with Gasteiger partial charge in [0, 0.05) is 34.8 Å². The van der Waals surface area contributed by atoms with Gasteiger partial charge in [0.1, 0.15) is 0 Å². The minimum Gasteiger partial charge on any atom is -0.342 e. The molecule has 1 aliphatic heterocycles. The average Bonchev–Trinajstić information content (AvgIpc) is 3.09. The zero-order chi connectivity index (χ0) is 23.6. The van der Waals surface area contributed by atoms with Gasteiger partial charge in [0.05, 0.1) is 16.6 Å². The van der Waals surface area contributed by atoms with Crippen molar-refractivity contribution in [3.8, 4) is 22.4 Å². The molecule has 2 atom stereocenters. The Morgan fingerprint density at radius 1 is 0.912 bits per heavy atom. The van der Waals surface area contributed by atoms with Gasteiger partial charge in [-0.15, -0.1) is 0 Å². The summed E-state index contributed by atoms with van der Waals surface area (Å²) in [5.41, 5.74) is 3.70. The van der Waals surface area contributed by atoms with Gasteiger partial charge < -0.3 is 4.90 Å². The lowest BCUT2D eigenvalue weighted by atomic mass is 9.92. The molecule has 1 saturated heterocycles. The van der Waals surface area contributed by atoms with Gasteiger partial charge in [-0.05, 0) is 36.0 Å². The number of carbonyl (C=O) groups is 1. The first kappa shape index (κ1) is 21.1. The number of aromatic amines is 1. The van der Waals surface area contributed by atoms with E-state index in [2.05, 4.69) is 23.7 Å². The second-order valence-corrected chi connectivity index (χ2v) is 9.97. The highest BCUT2D eigenvalue weighted by Gasteiger charge is 2.34. The molecule has 1 aliphatic carbocycles. The smallest absolute Gasteiger partial charge is 0.262 e. The first-order valence-electron chi connectivity index (χ1n) is 11.5. The van der Waals surface area contributed by atoms with Crippen molar-refractivity contribution in [2.24, 2.45) is 11.8 Å². The van der Waals surface area contributed by atoms with Gasteiger partial charge in [-0.3, -0.25) is 14.6 Å². The van der Waals surface area contributed by atoms with Crippen molar-refractivity contribution in [3.63, 3.8) is 0 Å². The summed E-state index contributed by atoms with van der Waals surface area (Å²) in [4.78, 5) is 41.8. The lowest BCUT2D eigenvalue weighted by Gasteiger charge is -2.35. The Bertz CT molecular complexity index is 1520. The molecule has 7 heteroatoms. The lowest BCUT2D eigenvalue weighted by molar-refractivity contribution is 0.104. The van der Waals surface area contributed by atoms with E-state index in [0.717, 1.165) is 30.6 Å². The first-order valence-corrected chi connectivity index (χ1v) is 11.9. The molecule has 0 saturated carbocycles. The van der Waals surface area contributed by atoms with Gasteiger partial charge >= 0.3 is 0 Å². The van der Waals surface area contributed by atoms with Gasteiger partial charge in [-0.25, -0.2) is 4.98 Å². The van der Waals surface area contributed by atoms with Gasteiger partial charge in [-0.1, -0.05) is 61.8 Å². The normalized spacial score (nSPS) is 19.4. The number of nitrogens with one attached hydrogen (secondary N) is 1. The topological polar surface area (TPSA) is 79.0 Å². The quantitative estimate of drug-likeness (QED) is 0.377. The third kappa shape index (κ3) is 3.24. The van der Waals surface area contributed by atoms with Crippen molar-refractivity contribution in [2.75, 3.05) is 18.0 Å². The maximum atomic E-state index is 13.5. The van der Waals surface area contributed by atoms with Crippen LogP contribution in [0.2, 0.25) is 5.02 Å². The van der Waals surface area contributed by atoms with Crippen molar-refractivity contribution >= 4 is 34.4 Å². The largest absolute Gasteiger partial charge is 0.342 e. The van der Waals surface area contributed by atoms with Crippen molar-refractivity contribution in [1.29, 1.82) is 0 Å². The lowest BCUT2D eigenvalue weighted by Crippen LogP contribution is -2.40. The maximum Gasteiger partial charge on any atom is 0.262 e. The molecule has 1 fully saturated rings. The van der Waals surface area contributed by atoms with Crippen molar-refractivity contribution in [1.82, 2.24) is 15.0 Å². The van der Waals surface area contributed by atoms with E-state index < -0.39 is 0 Å². The number of fused-ring (bicyclic) bond motifs is 4. The number of hydrogen-bond acceptors (Lipinski definition) is 5. The van der Waals surface area contributed by atoms with Crippen LogP contribution in [-0.2, 0) is 0 Å². The Morgan fingerprint density at radius 3 is 2.29 bits per heavy atom. The third-order valence-corrected chi connectivity index (χ3v) is 7.05. The van der Waals surface area contributed by atoms with Crippen LogP contribution in [0.4, 0.5) is 5.95 Å². The molecule has 1 N–H and O–H groups in total. The number of H-pyrrole nitrogens is 1. The van der Waals surface area contributed by atoms with Crippen molar-refractivity contribution < 1.29 is 4.79 Å². The van der Waals surface area contributed by atoms with Crippen LogP contribution in [0.3, 0.4) is 0 Å². The fourth-order valence-corrected chi connectivity index (χ4v) is 5.62. The number of aromatic nitrogens is 3. The number of pyridine rings is 1. The molecule has 34 heavy (non-hydrogen) atoms. The number of nitrogens with zero attached hydrogens (tertiary/aromatic N) is 3. The van der Waals surface area contributed by atoms with Gasteiger partial charge in [-0.2, -0.15) is 4.98 Å². The molecular formula is C27H23ClN4O2. The van der Waals surface area contributed by atoms with Crippen LogP contribution in [0.1, 0.15) is 36.2 Å². The number of benzene rings is 2. The van der Waals surface area contributed by atoms with E-state index in [9.17, 15) is 9.59 Å². The van der Waals surface area contributed by atoms with E-state index in [1.807, 2.05) is 30.3 Å². The van der Waals surface area contributed by atoms with Crippen molar-refractivity contribution in [3.05, 3.63) is 75.0 Å². The minimum atomic E-state index is -0.296. The Labute approximate surface area is 201 Å². The van der Waals surface area contributed by atoms with E-state index in [1.165, 1.54) is 0 Å². The number of hydrogen-bond donors (Lipinski definition) is 1. The molecule has 0 spiro atoms. The molecule has 6 rings (SSSR count). The van der Waals surface area contributed by atoms with E-state index >= 15 is 0 Å². The Kier molecular flexibility index (Phi) is 4.81. The van der Waals surface area contributed by atoms with Gasteiger partial charge in [0.25, 0.3) is 5.56 Å². The van der Waals surface area contributed by atoms with Crippen LogP contribution >= 0.6 is 11.6 Å². The van der Waals surface area contributed by atoms with Crippen LogP contribution in [0, 0.1) is 11.8 Å². The summed E-state index contributed by atoms with van der Waals surface area (Å²) in [5, 5.41) is 0.903. The summed E-state index contributed by atoms with van der Waals surface area (Å²) in [6.45, 7) is 6.09. The summed E-state index contributed by atoms with van der Waals surface area (Å²) in [7, 11) is 0. The molecule has 0 radical (unpaired) electrons. The van der Waals surface area contributed by atoms with E-state index in [4.69, 9.17) is 21.6 Å². The molecule has 170 valence electrons. The predicted octanol–water partition coefficient (Wildman–Crippen LogP) is 5.33. The Balaban J connectivity index is 1.65. The SMILES string of the molecule is C[C@@H]1C[C@@H](C)CN(c2nc3nc4c(c(-c5ccc(Cl)cc5)c3c(=O)[nH]2)C(=O)c2ccccc2-4)C1. The number of carbonyl (C=O) groups excluding carboxylic acids is 1. The number of halogens is 1. The molecule has 2 aromatic heterocycles. The summed E-state index contributed by atoms with van der Waals surface area (Å²) in [6, 6.07) is 14.6. The van der Waals surface area contributed by atoms with Crippen molar-refractivity contribution in [2.45, 2.75) is 20.3 Å². The van der Waals surface area contributed by atoms with Crippen LogP contribution in [0.15, 0.2) is 53.3 Å². The summed E-state index contributed by atoms with van der Waals surface area (Å²) >= 11 is 6.13. The molecule has 3 heterocycles. The average molecular weight is 471 g/mol. The molecule has 2 aliphatic rings. The molecular weight excluding hydrogens is 448 g/mol. The Hall–Kier alpha value is -3.51. The first-order chi connectivity index (χ1) is 16.4. The van der Waals surface area contributed by atoms with E-state index in [1.54, 1.807) is 18.2 Å². The highest BCUT2D eigenvalue weighted by atomic mass is 35.5. The van der Waals surface area contributed by atoms with E-state index in [-0.39, 0.29) is 11.3 Å². The van der Waals surface area contributed by atoms with E-state index in [0.29, 0.717) is 56.2 Å². The number of anilines is 1. The molecule has 0 amide bonds. The summed E-state index contributed by atoms with van der Waals surface area (Å²) < 4.78 is 0. The minimum absolute atomic E-state index is 0.132. The highest BCUT2D eigenvalue weighted by Crippen LogP contribution is 2.43. The predicted molar refractivity (Wildman–Crippen MR) is 135 cm³/mol. The highest BCUT2D eigenvalue weighted by molar-refractivity contribution is 6.31. The molecule has 4 aromatic rings. The number of rotatable bonds is 2. The second kappa shape index (κ2) is 7.77. The molecule has 6 nitrogen and oxygen atoms in total. The maximum absolute atomic E-state index is 13.5. The van der Waals surface area contributed by atoms with Gasteiger partial charge in [0.2, 0.25) is 5.95 Å². The fraction of sp³-hybridized carbons (Fsp3) is 0.259. The number of ketones is 1. The molecule has 0 unspecified atom stereocenters. The van der Waals surface area contributed by atoms with Gasteiger partial charge in [0.15, 0.2) is 11.4 Å². The number of piperidine rings is 1. The third-order valence-electron chi connectivity index (χ3n) is 6.80. The summed E-state index contributed by atoms with van der Waals surface area (Å²) in [5.74, 6) is 1.41. The van der Waals surface area contributed by atoms with Crippen LogP contribution in [-0.4, -0.2) is 33.8 Å². The van der Waals surface area contributed by atoms with Crippen LogP contribution in [0.25, 0.3) is 33.4 Å². The standard InChI is InChI=1S/C27H23ClN4O2/c1-14-11-15(2)13-32(12-14)27-30-25-22(26(34)31-27)20(16-7-9-17(28)10-8-16)21-23(29-25)18-5-3-4-6-19(18)24(21)33/h3-10,14-15H,11-13H2,1-2H3,(H,29,30,31,34)/t14-,15-/m1/s1. The second-order valence-electron chi connectivity index (χ2n) is 9.53. The fourth-order valence-electron chi connectivity index (χ4n) is 5.49.